The molecular weight excluding hydrogens is 415 g/mol. The first-order valence-corrected chi connectivity index (χ1v) is 8.15. The largest absolute Gasteiger partial charge is 0.449 e. The summed E-state index contributed by atoms with van der Waals surface area (Å²) in [6, 6.07) is 8.23. The summed E-state index contributed by atoms with van der Waals surface area (Å²) >= 11 is 5.69. The van der Waals surface area contributed by atoms with Crippen LogP contribution in [0.5, 0.6) is 11.5 Å². The predicted molar refractivity (Wildman–Crippen MR) is 93.7 cm³/mol. The van der Waals surface area contributed by atoms with E-state index in [-0.39, 0.29) is 22.0 Å². The molecule has 0 aliphatic carbocycles. The van der Waals surface area contributed by atoms with Crippen LogP contribution in [0, 0.1) is 11.3 Å². The number of hydrogen-bond donors (Lipinski definition) is 1. The van der Waals surface area contributed by atoms with E-state index < -0.39 is 35.3 Å². The van der Waals surface area contributed by atoms with Gasteiger partial charge in [-0.3, -0.25) is 14.2 Å². The molecule has 29 heavy (non-hydrogen) atoms. The molecular formula is C17H9ClF3N5O3. The lowest BCUT2D eigenvalue weighted by Crippen LogP contribution is -2.28. The second-order valence-corrected chi connectivity index (χ2v) is 6.03. The predicted octanol–water partition coefficient (Wildman–Crippen LogP) is 2.71. The van der Waals surface area contributed by atoms with Crippen molar-refractivity contribution < 1.29 is 17.9 Å². The highest BCUT2D eigenvalue weighted by Crippen LogP contribution is 2.34. The van der Waals surface area contributed by atoms with Crippen molar-refractivity contribution in [3.63, 3.8) is 0 Å². The number of H-pyrrole nitrogens is 1. The Morgan fingerprint density at radius 3 is 2.72 bits per heavy atom. The first-order valence-electron chi connectivity index (χ1n) is 7.78. The molecule has 0 fully saturated rings. The van der Waals surface area contributed by atoms with E-state index in [1.54, 1.807) is 0 Å². The van der Waals surface area contributed by atoms with Crippen molar-refractivity contribution in [2.45, 2.75) is 12.7 Å². The molecule has 3 aromatic rings. The maximum atomic E-state index is 13.3. The number of nitrogens with zero attached hydrogens (tertiary/aromatic N) is 4. The van der Waals surface area contributed by atoms with Gasteiger partial charge in [0.25, 0.3) is 11.1 Å². The van der Waals surface area contributed by atoms with Crippen LogP contribution in [-0.2, 0) is 12.7 Å². The molecule has 0 amide bonds. The number of rotatable bonds is 4. The minimum atomic E-state index is -4.97. The van der Waals surface area contributed by atoms with Crippen molar-refractivity contribution in [3.05, 3.63) is 79.3 Å². The maximum Gasteiger partial charge on any atom is 0.437 e. The van der Waals surface area contributed by atoms with Crippen LogP contribution in [0.3, 0.4) is 0 Å². The fourth-order valence-electron chi connectivity index (χ4n) is 2.34. The zero-order chi connectivity index (χ0) is 21.2. The molecule has 2 aromatic heterocycles. The molecule has 0 aliphatic rings. The van der Waals surface area contributed by atoms with Crippen LogP contribution in [0.25, 0.3) is 0 Å². The average Bonchev–Trinajstić information content (AvgIpc) is 2.67. The topological polar surface area (TPSA) is 114 Å². The van der Waals surface area contributed by atoms with Crippen LogP contribution < -0.4 is 15.9 Å². The van der Waals surface area contributed by atoms with Gasteiger partial charge in [-0.25, -0.2) is 10.1 Å². The number of hydrogen-bond acceptors (Lipinski definition) is 6. The fraction of sp³-hybridized carbons (Fsp3) is 0.118. The van der Waals surface area contributed by atoms with Crippen molar-refractivity contribution in [1.29, 1.82) is 5.26 Å². The summed E-state index contributed by atoms with van der Waals surface area (Å²) in [5, 5.41) is 14.4. The van der Waals surface area contributed by atoms with Crippen molar-refractivity contribution in [1.82, 2.24) is 19.7 Å². The van der Waals surface area contributed by atoms with E-state index in [4.69, 9.17) is 21.6 Å². The van der Waals surface area contributed by atoms with E-state index >= 15 is 0 Å². The minimum absolute atomic E-state index is 0.0221. The van der Waals surface area contributed by atoms with Crippen molar-refractivity contribution in [2.24, 2.45) is 0 Å². The van der Waals surface area contributed by atoms with Crippen molar-refractivity contribution >= 4 is 11.6 Å². The van der Waals surface area contributed by atoms with Crippen LogP contribution in [-0.4, -0.2) is 19.7 Å². The molecule has 1 N–H and O–H groups in total. The zero-order valence-corrected chi connectivity index (χ0v) is 15.0. The number of alkyl halides is 3. The number of ether oxygens (including phenoxy) is 1. The van der Waals surface area contributed by atoms with Gasteiger partial charge in [-0.1, -0.05) is 17.7 Å². The standard InChI is InChI=1S/C17H9ClF3N5O3/c18-12-5-10(15(27)25-24-12)7-26-8-23-14(17(19,20)21)13(16(26)28)29-11-3-1-2-9(4-11)6-22/h1-5,8H,7H2,(H,25,27). The smallest absolute Gasteiger partial charge is 0.437 e. The molecule has 0 unspecified atom stereocenters. The number of nitriles is 1. The summed E-state index contributed by atoms with van der Waals surface area (Å²) in [5.41, 5.74) is -3.29. The monoisotopic (exact) mass is 423 g/mol. The van der Waals surface area contributed by atoms with Crippen LogP contribution in [0.15, 0.2) is 46.2 Å². The lowest BCUT2D eigenvalue weighted by Gasteiger charge is -2.14. The second kappa shape index (κ2) is 7.76. The highest BCUT2D eigenvalue weighted by molar-refractivity contribution is 6.29. The highest BCUT2D eigenvalue weighted by Gasteiger charge is 2.38. The molecule has 12 heteroatoms. The van der Waals surface area contributed by atoms with E-state index in [0.29, 0.717) is 6.33 Å². The van der Waals surface area contributed by atoms with Crippen LogP contribution in [0.2, 0.25) is 5.15 Å². The summed E-state index contributed by atoms with van der Waals surface area (Å²) < 4.78 is 45.9. The van der Waals surface area contributed by atoms with Gasteiger partial charge >= 0.3 is 6.18 Å². The Bertz CT molecular complexity index is 1230. The third kappa shape index (κ3) is 4.44. The third-order valence-electron chi connectivity index (χ3n) is 3.64. The average molecular weight is 424 g/mol. The summed E-state index contributed by atoms with van der Waals surface area (Å²) in [5.74, 6) is -1.25. The molecule has 0 atom stereocenters. The minimum Gasteiger partial charge on any atom is -0.449 e. The molecule has 148 valence electrons. The molecule has 0 aliphatic heterocycles. The Balaban J connectivity index is 2.10. The van der Waals surface area contributed by atoms with Gasteiger partial charge in [0.05, 0.1) is 24.5 Å². The number of halogens is 4. The summed E-state index contributed by atoms with van der Waals surface area (Å²) in [6.45, 7) is -0.420. The number of nitrogens with one attached hydrogen (secondary N) is 1. The van der Waals surface area contributed by atoms with Crippen LogP contribution in [0.4, 0.5) is 13.2 Å². The first-order chi connectivity index (χ1) is 13.7. The Hall–Kier alpha value is -3.65. The van der Waals surface area contributed by atoms with Gasteiger partial charge in [0.2, 0.25) is 5.75 Å². The van der Waals surface area contributed by atoms with Crippen molar-refractivity contribution in [2.75, 3.05) is 0 Å². The number of aromatic amines is 1. The Labute approximate surface area is 164 Å². The maximum absolute atomic E-state index is 13.3. The number of aromatic nitrogens is 4. The quantitative estimate of drug-likeness (QED) is 0.690. The molecule has 0 bridgehead atoms. The van der Waals surface area contributed by atoms with Crippen molar-refractivity contribution in [3.8, 4) is 17.6 Å². The van der Waals surface area contributed by atoms with Gasteiger partial charge in [0.15, 0.2) is 5.69 Å². The first kappa shape index (κ1) is 20.1. The molecule has 0 saturated heterocycles. The van der Waals surface area contributed by atoms with Gasteiger partial charge in [-0.15, -0.1) is 0 Å². The molecule has 0 radical (unpaired) electrons. The van der Waals surface area contributed by atoms with Gasteiger partial charge < -0.3 is 4.74 Å². The Kier molecular flexibility index (Phi) is 5.38. The Morgan fingerprint density at radius 1 is 1.28 bits per heavy atom. The molecule has 8 nitrogen and oxygen atoms in total. The van der Waals surface area contributed by atoms with Gasteiger partial charge in [-0.2, -0.15) is 23.5 Å². The fourth-order valence-corrected chi connectivity index (χ4v) is 2.52. The van der Waals surface area contributed by atoms with E-state index in [9.17, 15) is 22.8 Å². The molecule has 0 spiro atoms. The Morgan fingerprint density at radius 2 is 2.03 bits per heavy atom. The van der Waals surface area contributed by atoms with Gasteiger partial charge in [-0.05, 0) is 24.3 Å². The second-order valence-electron chi connectivity index (χ2n) is 5.64. The van der Waals surface area contributed by atoms with Crippen LogP contribution >= 0.6 is 11.6 Å². The highest BCUT2D eigenvalue weighted by atomic mass is 35.5. The molecule has 0 saturated carbocycles. The lowest BCUT2D eigenvalue weighted by molar-refractivity contribution is -0.142. The van der Waals surface area contributed by atoms with Gasteiger partial charge in [0.1, 0.15) is 10.9 Å². The summed E-state index contributed by atoms with van der Waals surface area (Å²) in [6.07, 6.45) is -4.32. The summed E-state index contributed by atoms with van der Waals surface area (Å²) in [4.78, 5) is 27.8. The van der Waals surface area contributed by atoms with E-state index in [2.05, 4.69) is 15.2 Å². The molecule has 1 aromatic carbocycles. The third-order valence-corrected chi connectivity index (χ3v) is 3.83. The lowest BCUT2D eigenvalue weighted by atomic mass is 10.2. The SMILES string of the molecule is N#Cc1cccc(Oc2c(C(F)(F)F)ncn(Cc3cc(Cl)n[nH]c3=O)c2=O)c1. The molecule has 3 rings (SSSR count). The van der Waals surface area contributed by atoms with E-state index in [1.165, 1.54) is 30.3 Å². The normalized spacial score (nSPS) is 11.1. The number of benzene rings is 1. The van der Waals surface area contributed by atoms with Crippen LogP contribution in [0.1, 0.15) is 16.8 Å². The molecule has 2 heterocycles. The zero-order valence-electron chi connectivity index (χ0n) is 14.2. The van der Waals surface area contributed by atoms with Gasteiger partial charge in [0, 0.05) is 5.56 Å². The summed E-state index contributed by atoms with van der Waals surface area (Å²) in [7, 11) is 0. The van der Waals surface area contributed by atoms with E-state index in [1.807, 2.05) is 6.07 Å². The van der Waals surface area contributed by atoms with E-state index in [0.717, 1.165) is 4.57 Å².